The van der Waals surface area contributed by atoms with E-state index in [1.165, 1.54) is 12.1 Å². The van der Waals surface area contributed by atoms with Crippen LogP contribution in [0.1, 0.15) is 144 Å². The number of aromatic hydroxyl groups is 1. The van der Waals surface area contributed by atoms with Gasteiger partial charge in [0, 0.05) is 57.9 Å². The number of nitrogens with zero attached hydrogens (tertiary/aromatic N) is 3. The summed E-state index contributed by atoms with van der Waals surface area (Å²) in [7, 11) is 0. The van der Waals surface area contributed by atoms with Gasteiger partial charge in [0.25, 0.3) is 0 Å². The Bertz CT molecular complexity index is 3400. The molecule has 0 radical (unpaired) electrons. The zero-order valence-corrected chi connectivity index (χ0v) is 42.1. The summed E-state index contributed by atoms with van der Waals surface area (Å²) in [4.78, 5) is 10.4. The van der Waals surface area contributed by atoms with Crippen molar-refractivity contribution >= 4 is 11.0 Å². The molecule has 0 saturated carbocycles. The molecule has 4 nitrogen and oxygen atoms in total. The van der Waals surface area contributed by atoms with Gasteiger partial charge in [0.1, 0.15) is 11.6 Å². The summed E-state index contributed by atoms with van der Waals surface area (Å²) in [6.45, 7) is 12.8. The molecule has 0 bridgehead atoms. The number of fused-ring (bicyclic) bond motifs is 1. The van der Waals surface area contributed by atoms with Crippen LogP contribution >= 0.6 is 0 Å². The van der Waals surface area contributed by atoms with Gasteiger partial charge < -0.3 is 5.11 Å². The number of hydrogen-bond donors (Lipinski definition) is 1. The molecular formula is C61H66N3OPt-. The van der Waals surface area contributed by atoms with E-state index in [0.29, 0.717) is 39.3 Å². The molecule has 0 unspecified atom stereocenters. The van der Waals surface area contributed by atoms with Gasteiger partial charge >= 0.3 is 0 Å². The van der Waals surface area contributed by atoms with E-state index in [2.05, 4.69) is 121 Å². The molecular weight excluding hydrogens is 986 g/mol. The quantitative estimate of drug-likeness (QED) is 0.162. The molecule has 8 rings (SSSR count). The molecule has 342 valence electrons. The van der Waals surface area contributed by atoms with Crippen LogP contribution in [0, 0.1) is 6.07 Å². The van der Waals surface area contributed by atoms with E-state index in [-0.39, 0.29) is 43.2 Å². The number of imidazole rings is 1. The van der Waals surface area contributed by atoms with Crippen LogP contribution in [0.15, 0.2) is 134 Å². The van der Waals surface area contributed by atoms with Crippen LogP contribution < -0.4 is 0 Å². The van der Waals surface area contributed by atoms with Crippen molar-refractivity contribution in [3.63, 3.8) is 0 Å². The number of benzene rings is 6. The normalized spacial score (nSPS) is 15.4. The van der Waals surface area contributed by atoms with Crippen LogP contribution in [0.2, 0.25) is 0 Å². The van der Waals surface area contributed by atoms with Gasteiger partial charge in [-0.2, -0.15) is 0 Å². The number of rotatable bonds is 7. The number of phenolic OH excluding ortho intramolecular Hbond substituents is 1. The minimum atomic E-state index is -3.38. The van der Waals surface area contributed by atoms with Crippen LogP contribution in [0.25, 0.3) is 72.7 Å². The number of aromatic nitrogens is 3. The van der Waals surface area contributed by atoms with E-state index in [1.54, 1.807) is 24.4 Å². The monoisotopic (exact) mass is 1060 g/mol. The van der Waals surface area contributed by atoms with Crippen LogP contribution in [-0.4, -0.2) is 19.6 Å². The number of phenols is 1. The standard InChI is InChI=1S/C61H66N3O.Pt/c1-38(2)42-29-43(39-19-16-15-17-20-39)34-49(33-42)64-54-22-18-21-50(55(54)63-57(64)51-36-48(60(9,10)11)37-52(56(51)65)61(12,13)14)44-30-45(32-47(31-44)59(6,7)8)53-35-41(27-28-62-53)40-23-25-46(26-24-40)58(3,4)5;/h15-29,31-38,65H,1-14H3;/q-1;/i3D3,4D3,5D3,38D;. The van der Waals surface area contributed by atoms with E-state index < -0.39 is 37.3 Å². The van der Waals surface area contributed by atoms with Crippen molar-refractivity contribution in [2.75, 3.05) is 0 Å². The zero-order chi connectivity index (χ0) is 55.2. The van der Waals surface area contributed by atoms with Crippen molar-refractivity contribution in [3.8, 4) is 67.5 Å². The van der Waals surface area contributed by atoms with E-state index in [4.69, 9.17) is 22.3 Å². The van der Waals surface area contributed by atoms with Gasteiger partial charge in [0.05, 0.1) is 16.6 Å². The van der Waals surface area contributed by atoms with Gasteiger partial charge in [-0.15, -0.1) is 29.3 Å². The molecule has 0 amide bonds. The predicted molar refractivity (Wildman–Crippen MR) is 275 cm³/mol. The Kier molecular flexibility index (Phi) is 9.92. The summed E-state index contributed by atoms with van der Waals surface area (Å²) >= 11 is 0. The van der Waals surface area contributed by atoms with Gasteiger partial charge in [0.15, 0.2) is 0 Å². The molecule has 0 atom stereocenters. The fraction of sp³-hybridized carbons (Fsp3) is 0.311. The summed E-state index contributed by atoms with van der Waals surface area (Å²) in [5, 5.41) is 12.5. The molecule has 0 fully saturated rings. The van der Waals surface area contributed by atoms with Crippen LogP contribution in [0.3, 0.4) is 0 Å². The van der Waals surface area contributed by atoms with Crippen LogP contribution in [0.4, 0.5) is 0 Å². The van der Waals surface area contributed by atoms with Crippen LogP contribution in [-0.2, 0) is 42.7 Å². The van der Waals surface area contributed by atoms with E-state index in [0.717, 1.165) is 55.7 Å². The Balaban J connectivity index is 0.00000840. The Hall–Kier alpha value is -5.57. The van der Waals surface area contributed by atoms with Crippen molar-refractivity contribution in [1.82, 2.24) is 14.5 Å². The van der Waals surface area contributed by atoms with Gasteiger partial charge in [-0.05, 0) is 96.8 Å². The Labute approximate surface area is 422 Å². The maximum Gasteiger partial charge on any atom is 0.148 e. The fourth-order valence-electron chi connectivity index (χ4n) is 8.35. The van der Waals surface area contributed by atoms with Crippen molar-refractivity contribution in [3.05, 3.63) is 167 Å². The average molecular weight is 1060 g/mol. The average Bonchev–Trinajstić information content (AvgIpc) is 3.69. The Morgan fingerprint density at radius 1 is 0.591 bits per heavy atom. The van der Waals surface area contributed by atoms with Gasteiger partial charge in [-0.1, -0.05) is 193 Å². The second-order valence-corrected chi connectivity index (χ2v) is 20.7. The molecule has 2 heterocycles. The summed E-state index contributed by atoms with van der Waals surface area (Å²) in [6.07, 6.45) is 1.65. The first-order valence-corrected chi connectivity index (χ1v) is 22.3. The zero-order valence-electron chi connectivity index (χ0n) is 49.8. The van der Waals surface area contributed by atoms with E-state index in [9.17, 15) is 6.48 Å². The molecule has 0 aliphatic carbocycles. The second kappa shape index (κ2) is 17.9. The molecule has 0 aliphatic heterocycles. The maximum atomic E-state index is 12.5. The molecule has 8 aromatic rings. The first kappa shape index (κ1) is 36.5. The largest absolute Gasteiger partial charge is 0.507 e. The smallest absolute Gasteiger partial charge is 0.148 e. The Morgan fingerprint density at radius 2 is 1.24 bits per heavy atom. The Morgan fingerprint density at radius 3 is 1.88 bits per heavy atom. The van der Waals surface area contributed by atoms with Gasteiger partial charge in [0.2, 0.25) is 0 Å². The number of para-hydroxylation sites is 1. The molecule has 5 heteroatoms. The molecule has 0 aliphatic rings. The van der Waals surface area contributed by atoms with E-state index >= 15 is 0 Å². The van der Waals surface area contributed by atoms with Crippen molar-refractivity contribution in [1.29, 1.82) is 0 Å². The fourth-order valence-corrected chi connectivity index (χ4v) is 8.35. The number of pyridine rings is 1. The van der Waals surface area contributed by atoms with E-state index in [1.807, 2.05) is 62.4 Å². The maximum absolute atomic E-state index is 12.5. The summed E-state index contributed by atoms with van der Waals surface area (Å²) < 4.78 is 85.3. The third-order valence-corrected chi connectivity index (χ3v) is 12.3. The topological polar surface area (TPSA) is 50.9 Å². The van der Waals surface area contributed by atoms with Gasteiger partial charge in [-0.25, -0.2) is 4.98 Å². The van der Waals surface area contributed by atoms with Crippen molar-refractivity contribution in [2.24, 2.45) is 0 Å². The number of hydrogen-bond acceptors (Lipinski definition) is 3. The molecule has 0 saturated heterocycles. The van der Waals surface area contributed by atoms with Crippen LogP contribution in [0.5, 0.6) is 5.75 Å². The first-order chi connectivity index (χ1) is 34.5. The predicted octanol–water partition coefficient (Wildman–Crippen LogP) is 16.6. The van der Waals surface area contributed by atoms with Crippen molar-refractivity contribution in [2.45, 2.75) is 124 Å². The van der Waals surface area contributed by atoms with Gasteiger partial charge in [-0.3, -0.25) is 9.55 Å². The minimum absolute atomic E-state index is 0. The third kappa shape index (κ3) is 9.77. The third-order valence-electron chi connectivity index (χ3n) is 12.3. The molecule has 0 spiro atoms. The molecule has 1 N–H and O–H groups in total. The second-order valence-electron chi connectivity index (χ2n) is 20.7. The summed E-state index contributed by atoms with van der Waals surface area (Å²) in [6, 6.07) is 43.8. The molecule has 2 aromatic heterocycles. The molecule has 6 aromatic carbocycles. The summed E-state index contributed by atoms with van der Waals surface area (Å²) in [5.74, 6) is -0.288. The molecule has 66 heavy (non-hydrogen) atoms. The first-order valence-electron chi connectivity index (χ1n) is 27.3. The summed E-state index contributed by atoms with van der Waals surface area (Å²) in [5.41, 5.74) is 7.96. The van der Waals surface area contributed by atoms with Crippen molar-refractivity contribution < 1.29 is 39.9 Å². The SMILES string of the molecule is [2H]C(C)(C)c1cc(-c2ccccc2)cc(-n2c(-c3cc(C(C)(C)C)cc(C(C)(C)C)c3O)nc3c(-c4[c-]c(-c5cc(-c6ccc(C(C([2H])([2H])[2H])(C([2H])([2H])[2H])C([2H])([2H])[2H])cc6)ccn5)cc(C(C)(C)C)c4)cccc32)c1.[Pt]. The minimum Gasteiger partial charge on any atom is -0.507 e.